The number of likely N-dealkylation sites (N-methyl/N-ethyl adjacent to an activating group) is 2. The van der Waals surface area contributed by atoms with Gasteiger partial charge in [0.05, 0.1) is 52.3 Å². The van der Waals surface area contributed by atoms with Gasteiger partial charge in [-0.05, 0) is 128 Å². The predicted octanol–water partition coefficient (Wildman–Crippen LogP) is 5.90. The Bertz CT molecular complexity index is 1870. The molecule has 0 spiro atoms. The molecule has 442 valence electrons. The minimum absolute atomic E-state index is 0.0809. The molecule has 0 aromatic heterocycles. The van der Waals surface area contributed by atoms with Crippen LogP contribution in [0.2, 0.25) is 0 Å². The first kappa shape index (κ1) is 67.3. The number of hydrogen-bond acceptors (Lipinski definition) is 21. The first-order valence-electron chi connectivity index (χ1n) is 27.2. The molecule has 6 N–H and O–H groups in total. The third-order valence-electron chi connectivity index (χ3n) is 16.0. The summed E-state index contributed by atoms with van der Waals surface area (Å²) in [4.78, 5) is 57.5. The Labute approximate surface area is 468 Å². The van der Waals surface area contributed by atoms with Crippen LogP contribution in [-0.4, -0.2) is 212 Å². The van der Waals surface area contributed by atoms with Crippen molar-refractivity contribution in [2.24, 2.45) is 17.8 Å². The fourth-order valence-corrected chi connectivity index (χ4v) is 16.4. The Morgan fingerprint density at radius 2 is 1.59 bits per heavy atom. The van der Waals surface area contributed by atoms with Gasteiger partial charge < -0.3 is 73.8 Å². The van der Waals surface area contributed by atoms with Crippen molar-refractivity contribution >= 4 is 67.0 Å². The molecule has 0 aromatic rings. The molecule has 0 aliphatic carbocycles. The molecule has 4 aliphatic rings. The van der Waals surface area contributed by atoms with E-state index in [1.807, 2.05) is 51.7 Å². The zero-order valence-corrected chi connectivity index (χ0v) is 51.3. The average Bonchev–Trinajstić information content (AvgIpc) is 3.33. The molecule has 1 amide bonds. The van der Waals surface area contributed by atoms with Gasteiger partial charge >= 0.3 is 17.9 Å². The topological polar surface area (TPSA) is 253 Å². The summed E-state index contributed by atoms with van der Waals surface area (Å²) >= 11 is 0. The zero-order chi connectivity index (χ0) is 57.2. The average molecular weight is 1160 g/mol. The lowest BCUT2D eigenvalue weighted by Gasteiger charge is -2.49. The molecule has 4 heterocycles. The molecular formula is C53H95N3O16S4. The Balaban J connectivity index is 1.67. The third-order valence-corrected chi connectivity index (χ3v) is 22.2. The molecule has 76 heavy (non-hydrogen) atoms. The van der Waals surface area contributed by atoms with Gasteiger partial charge in [0.15, 0.2) is 18.7 Å². The summed E-state index contributed by atoms with van der Waals surface area (Å²) in [5, 5.41) is 60.3. The number of carbonyl (C=O) groups excluding carboxylic acids is 3. The largest absolute Gasteiger partial charge is 0.480 e. The number of ether oxygens (including phenoxy) is 7. The molecule has 0 aromatic carbocycles. The second-order valence-electron chi connectivity index (χ2n) is 23.4. The normalized spacial score (nSPS) is 42.3. The van der Waals surface area contributed by atoms with Crippen LogP contribution in [0.15, 0.2) is 0 Å². The van der Waals surface area contributed by atoms with E-state index in [0.717, 1.165) is 18.6 Å². The number of amides is 1. The second kappa shape index (κ2) is 29.2. The molecule has 4 aliphatic heterocycles. The maximum atomic E-state index is 14.6. The number of hydrogen-bond donors (Lipinski definition) is 6. The van der Waals surface area contributed by atoms with E-state index in [4.69, 9.17) is 33.2 Å². The summed E-state index contributed by atoms with van der Waals surface area (Å²) in [6.07, 6.45) is -6.05. The lowest BCUT2D eigenvalue weighted by atomic mass is 9.77. The predicted molar refractivity (Wildman–Crippen MR) is 299 cm³/mol. The smallest absolute Gasteiger partial charge is 0.327 e. The van der Waals surface area contributed by atoms with Gasteiger partial charge in [-0.2, -0.15) is 0 Å². The Hall–Kier alpha value is -1.16. The van der Waals surface area contributed by atoms with Crippen molar-refractivity contribution in [2.75, 3.05) is 46.3 Å². The number of carboxylic acid groups (broad SMARTS) is 1. The standard InChI is InChI=1S/C53H95N3O16S4/c1-17-38-53(12,65)43(58)33(6)56(15)27-29(2)25-51(10,64)45(31(4)41(32(5)47(62)69-38)71-40-26-52(11,66-16)44(59)34(7)68-40)72-48-42(37(55(13)14)24-30(3)67-48)70-39(57)21-19-18-20-35-22-23-73-74-28-36(46(60)61)54-49(63)50(8,9)76-75-35/h29-38,40-45,48,58-59,64-65H,17-28H2,1-16H3,(H,54,63)(H,60,61)/t29-,30-,31+,32+,33-,34+,35-,36-,37+,38-,40+,41+,42-,43-,44+,45-,48+,51-,52-,53-/m1/s1. The van der Waals surface area contributed by atoms with E-state index in [9.17, 15) is 44.7 Å². The number of nitrogens with one attached hydrogen (secondary N) is 1. The van der Waals surface area contributed by atoms with E-state index in [1.165, 1.54) is 35.6 Å². The van der Waals surface area contributed by atoms with Gasteiger partial charge in [0.2, 0.25) is 5.91 Å². The van der Waals surface area contributed by atoms with Crippen LogP contribution in [0.5, 0.6) is 0 Å². The molecular weight excluding hydrogens is 1060 g/mol. The van der Waals surface area contributed by atoms with Crippen molar-refractivity contribution in [3.05, 3.63) is 0 Å². The molecule has 0 bridgehead atoms. The summed E-state index contributed by atoms with van der Waals surface area (Å²) < 4.78 is 44.4. The van der Waals surface area contributed by atoms with Gasteiger partial charge in [0.1, 0.15) is 30.0 Å². The minimum Gasteiger partial charge on any atom is -0.480 e. The van der Waals surface area contributed by atoms with Crippen molar-refractivity contribution in [3.63, 3.8) is 0 Å². The number of aliphatic carboxylic acids is 1. The summed E-state index contributed by atoms with van der Waals surface area (Å²) in [5.74, 6) is -3.67. The van der Waals surface area contributed by atoms with E-state index >= 15 is 0 Å². The van der Waals surface area contributed by atoms with Crippen molar-refractivity contribution in [1.29, 1.82) is 0 Å². The highest BCUT2D eigenvalue weighted by atomic mass is 33.1. The first-order valence-corrected chi connectivity index (χ1v) is 31.9. The number of carbonyl (C=O) groups is 4. The van der Waals surface area contributed by atoms with Crippen LogP contribution in [0.4, 0.5) is 0 Å². The maximum absolute atomic E-state index is 14.6. The molecule has 19 nitrogen and oxygen atoms in total. The van der Waals surface area contributed by atoms with E-state index in [-0.39, 0.29) is 60.7 Å². The fourth-order valence-electron chi connectivity index (χ4n) is 11.0. The highest BCUT2D eigenvalue weighted by molar-refractivity contribution is 8.77. The maximum Gasteiger partial charge on any atom is 0.327 e. The number of esters is 2. The Kier molecular flexibility index (Phi) is 25.9. The molecule has 0 saturated carbocycles. The van der Waals surface area contributed by atoms with E-state index in [0.29, 0.717) is 25.8 Å². The number of aliphatic hydroxyl groups excluding tert-OH is 2. The third kappa shape index (κ3) is 17.9. The van der Waals surface area contributed by atoms with Crippen LogP contribution in [0.1, 0.15) is 141 Å². The van der Waals surface area contributed by atoms with Gasteiger partial charge in [-0.25, -0.2) is 4.79 Å². The van der Waals surface area contributed by atoms with Crippen molar-refractivity contribution in [3.8, 4) is 0 Å². The second-order valence-corrected chi connectivity index (χ2v) is 29.2. The van der Waals surface area contributed by atoms with Crippen LogP contribution < -0.4 is 5.32 Å². The van der Waals surface area contributed by atoms with Crippen LogP contribution >= 0.6 is 43.2 Å². The van der Waals surface area contributed by atoms with E-state index < -0.39 is 119 Å². The summed E-state index contributed by atoms with van der Waals surface area (Å²) in [6.45, 7) is 21.5. The van der Waals surface area contributed by atoms with Gasteiger partial charge in [-0.15, -0.1) is 0 Å². The summed E-state index contributed by atoms with van der Waals surface area (Å²) in [5.41, 5.74) is -4.62. The number of unbranched alkanes of at least 4 members (excludes halogenated alkanes) is 1. The van der Waals surface area contributed by atoms with Crippen LogP contribution in [0.3, 0.4) is 0 Å². The number of cyclic esters (lactones) is 1. The molecule has 23 heteroatoms. The molecule has 4 fully saturated rings. The van der Waals surface area contributed by atoms with Crippen LogP contribution in [0, 0.1) is 17.8 Å². The molecule has 20 atom stereocenters. The van der Waals surface area contributed by atoms with Gasteiger partial charge in [0.25, 0.3) is 0 Å². The lowest BCUT2D eigenvalue weighted by molar-refractivity contribution is -0.319. The van der Waals surface area contributed by atoms with E-state index in [2.05, 4.69) is 5.32 Å². The number of carboxylic acids is 1. The van der Waals surface area contributed by atoms with E-state index in [1.54, 1.807) is 77.0 Å². The highest BCUT2D eigenvalue weighted by Crippen LogP contribution is 2.44. The first-order chi connectivity index (χ1) is 35.3. The summed E-state index contributed by atoms with van der Waals surface area (Å²) in [7, 11) is 13.2. The molecule has 4 rings (SSSR count). The number of methoxy groups -OCH3 is 1. The quantitative estimate of drug-likeness (QED) is 0.0673. The fraction of sp³-hybridized carbons (Fsp3) is 0.925. The van der Waals surface area contributed by atoms with Gasteiger partial charge in [-0.3, -0.25) is 14.4 Å². The van der Waals surface area contributed by atoms with Gasteiger partial charge in [0, 0.05) is 55.2 Å². The van der Waals surface area contributed by atoms with Crippen molar-refractivity contribution < 1.29 is 77.9 Å². The Morgan fingerprint density at radius 3 is 2.21 bits per heavy atom. The zero-order valence-electron chi connectivity index (χ0n) is 48.1. The SMILES string of the molecule is CC[C@H]1OC(=O)[C@@H](C)[C@@H](O[C@H]2C[C@@](C)(OC)[C@@H](O)[C@H](C)O2)[C@H](C)[C@@H](O[C@@H]2O[C@H](C)C[C@H](N(C)C)[C@H]2OC(=O)CCCC[C@@H]2CCSSC[C@H](C(=O)O)NC(=O)C(C)(C)SS2)[C@](C)(O)C[C@@H](C)CN(C)[C@H](C)[C@@H](O)[C@]1(C)O. The lowest BCUT2D eigenvalue weighted by Crippen LogP contribution is -2.61. The number of aliphatic hydroxyl groups is 4. The molecule has 0 unspecified atom stereocenters. The van der Waals surface area contributed by atoms with Crippen LogP contribution in [0.25, 0.3) is 0 Å². The van der Waals surface area contributed by atoms with Crippen LogP contribution in [-0.2, 0) is 52.3 Å². The molecule has 4 saturated heterocycles. The number of nitrogens with zero attached hydrogens (tertiary/aromatic N) is 2. The van der Waals surface area contributed by atoms with Gasteiger partial charge in [-0.1, -0.05) is 70.4 Å². The van der Waals surface area contributed by atoms with Crippen molar-refractivity contribution in [1.82, 2.24) is 15.1 Å². The minimum atomic E-state index is -1.86. The molecule has 0 radical (unpaired) electrons. The van der Waals surface area contributed by atoms with Crippen molar-refractivity contribution in [2.45, 2.75) is 247 Å². The Morgan fingerprint density at radius 1 is 0.921 bits per heavy atom. The number of rotatable bonds is 14. The highest BCUT2D eigenvalue weighted by Gasteiger charge is 2.53. The monoisotopic (exact) mass is 1160 g/mol. The summed E-state index contributed by atoms with van der Waals surface area (Å²) in [6, 6.07) is -1.92.